The zero-order valence-corrected chi connectivity index (χ0v) is 25.9. The number of benzene rings is 1. The van der Waals surface area contributed by atoms with Crippen LogP contribution in [0.4, 0.5) is 4.39 Å². The second-order valence-electron chi connectivity index (χ2n) is 14.7. The minimum atomic E-state index is -1.05. The first kappa shape index (κ1) is 30.3. The molecule has 0 radical (unpaired) electrons. The Labute approximate surface area is 240 Å². The Balaban J connectivity index is 1.54. The Morgan fingerprint density at radius 1 is 0.974 bits per heavy atom. The molecule has 3 fully saturated rings. The van der Waals surface area contributed by atoms with Gasteiger partial charge in [0.1, 0.15) is 6.67 Å². The second-order valence-corrected chi connectivity index (χ2v) is 15.1. The van der Waals surface area contributed by atoms with Crippen molar-refractivity contribution in [3.05, 3.63) is 34.9 Å². The lowest BCUT2D eigenvalue weighted by molar-refractivity contribution is -0.148. The van der Waals surface area contributed by atoms with E-state index in [2.05, 4.69) is 51.7 Å². The first-order valence-electron chi connectivity index (χ1n) is 14.8. The maximum Gasteiger partial charge on any atom is 0.231 e. The van der Waals surface area contributed by atoms with Crippen molar-refractivity contribution < 1.29 is 14.0 Å². The average molecular weight is 562 g/mol. The van der Waals surface area contributed by atoms with Gasteiger partial charge in [-0.1, -0.05) is 37.6 Å². The van der Waals surface area contributed by atoms with E-state index in [-0.39, 0.29) is 46.7 Å². The lowest BCUT2D eigenvalue weighted by Gasteiger charge is -2.45. The molecular weight excluding hydrogens is 513 g/mol. The highest BCUT2D eigenvalue weighted by Gasteiger charge is 2.47. The van der Waals surface area contributed by atoms with E-state index in [0.717, 1.165) is 44.2 Å². The van der Waals surface area contributed by atoms with Gasteiger partial charge in [-0.05, 0) is 89.8 Å². The number of halogens is 2. The molecule has 1 saturated carbocycles. The molecule has 218 valence electrons. The quantitative estimate of drug-likeness (QED) is 0.396. The smallest absolute Gasteiger partial charge is 0.231 e. The lowest BCUT2D eigenvalue weighted by atomic mass is 9.74. The molecule has 2 amide bonds. The van der Waals surface area contributed by atoms with Gasteiger partial charge in [-0.2, -0.15) is 0 Å². The molecule has 2 saturated heterocycles. The highest BCUT2D eigenvalue weighted by Crippen LogP contribution is 2.41. The normalized spacial score (nSPS) is 26.7. The molecule has 1 aromatic carbocycles. The molecule has 1 aromatic rings. The lowest BCUT2D eigenvalue weighted by Crippen LogP contribution is -2.55. The maximum absolute atomic E-state index is 14.1. The van der Waals surface area contributed by atoms with Gasteiger partial charge in [0.15, 0.2) is 0 Å². The number of carbonyl (C=O) groups is 2. The second kappa shape index (κ2) is 11.3. The number of nitrogens with zero attached hydrogens (tertiary/aromatic N) is 3. The van der Waals surface area contributed by atoms with Gasteiger partial charge in [0.2, 0.25) is 11.8 Å². The first-order valence-corrected chi connectivity index (χ1v) is 15.2. The molecule has 3 aliphatic rings. The molecule has 0 N–H and O–H groups in total. The van der Waals surface area contributed by atoms with E-state index < -0.39 is 12.1 Å². The number of likely N-dealkylation sites (tertiary alicyclic amines) is 2. The summed E-state index contributed by atoms with van der Waals surface area (Å²) in [6.45, 7) is 16.6. The monoisotopic (exact) mass is 561 g/mol. The van der Waals surface area contributed by atoms with Crippen LogP contribution >= 0.6 is 11.6 Å². The summed E-state index contributed by atoms with van der Waals surface area (Å²) in [5.41, 5.74) is 0.328. The van der Waals surface area contributed by atoms with Crippen molar-refractivity contribution in [3.63, 3.8) is 0 Å². The molecule has 1 aliphatic carbocycles. The van der Waals surface area contributed by atoms with Crippen molar-refractivity contribution in [3.8, 4) is 0 Å². The molecule has 4 rings (SSSR count). The van der Waals surface area contributed by atoms with E-state index in [9.17, 15) is 14.0 Å². The Hall–Kier alpha value is -1.66. The van der Waals surface area contributed by atoms with E-state index in [1.807, 2.05) is 21.9 Å². The Morgan fingerprint density at radius 3 is 2.15 bits per heavy atom. The molecule has 7 heteroatoms. The van der Waals surface area contributed by atoms with Crippen LogP contribution in [-0.2, 0) is 9.59 Å². The van der Waals surface area contributed by atoms with Crippen molar-refractivity contribution in [2.24, 2.45) is 16.7 Å². The molecule has 5 nitrogen and oxygen atoms in total. The van der Waals surface area contributed by atoms with Gasteiger partial charge in [0.05, 0.1) is 17.4 Å². The van der Waals surface area contributed by atoms with Gasteiger partial charge in [0, 0.05) is 48.7 Å². The fraction of sp³-hybridized carbons (Fsp3) is 0.750. The van der Waals surface area contributed by atoms with Crippen molar-refractivity contribution in [2.45, 2.75) is 104 Å². The van der Waals surface area contributed by atoms with Crippen molar-refractivity contribution in [2.75, 3.05) is 32.9 Å². The summed E-state index contributed by atoms with van der Waals surface area (Å²) in [6.07, 6.45) is 4.74. The third-order valence-electron chi connectivity index (χ3n) is 9.60. The largest absolute Gasteiger partial charge is 0.340 e. The molecule has 2 aliphatic heterocycles. The van der Waals surface area contributed by atoms with Crippen LogP contribution in [0.1, 0.15) is 92.1 Å². The summed E-state index contributed by atoms with van der Waals surface area (Å²) < 4.78 is 14.0. The molecule has 0 bridgehead atoms. The van der Waals surface area contributed by atoms with Crippen molar-refractivity contribution in [1.82, 2.24) is 14.7 Å². The van der Waals surface area contributed by atoms with Gasteiger partial charge in [-0.3, -0.25) is 14.5 Å². The first-order chi connectivity index (χ1) is 18.1. The standard InChI is InChI=1S/C32H49ClFN3O2/c1-30(2,3)36-19-26(22-8-10-23(33)11-9-22)27(20-36)28(38)35-17-14-25(18-35)37(29(39)32(6,7)21-34)24-12-15-31(4,5)16-13-24/h8-11,24-27H,12-21H2,1-7H3/t25?,26-,27+/m0/s1. The van der Waals surface area contributed by atoms with Gasteiger partial charge in [-0.15, -0.1) is 0 Å². The molecule has 1 unspecified atom stereocenters. The zero-order chi connectivity index (χ0) is 28.8. The molecule has 2 heterocycles. The predicted molar refractivity (Wildman–Crippen MR) is 157 cm³/mol. The summed E-state index contributed by atoms with van der Waals surface area (Å²) in [4.78, 5) is 34.3. The summed E-state index contributed by atoms with van der Waals surface area (Å²) in [5.74, 6) is 0.0156. The van der Waals surface area contributed by atoms with Gasteiger partial charge in [0.25, 0.3) is 0 Å². The number of hydrogen-bond donors (Lipinski definition) is 0. The average Bonchev–Trinajstić information content (AvgIpc) is 3.53. The SMILES string of the molecule is CC1(C)CCC(N(C(=O)C(C)(C)CF)C2CCN(C(=O)[C@@H]3CN(C(C)(C)C)C[C@H]3c3ccc(Cl)cc3)C2)CC1. The number of amides is 2. The van der Waals surface area contributed by atoms with E-state index in [4.69, 9.17) is 11.6 Å². The molecule has 3 atom stereocenters. The van der Waals surface area contributed by atoms with Crippen molar-refractivity contribution >= 4 is 23.4 Å². The van der Waals surface area contributed by atoms with Gasteiger partial charge in [-0.25, -0.2) is 4.39 Å². The van der Waals surface area contributed by atoms with Gasteiger partial charge < -0.3 is 9.80 Å². The predicted octanol–water partition coefficient (Wildman–Crippen LogP) is 6.55. The Kier molecular flexibility index (Phi) is 8.79. The number of carbonyl (C=O) groups excluding carboxylic acids is 2. The van der Waals surface area contributed by atoms with Crippen LogP contribution in [0.25, 0.3) is 0 Å². The molecule has 0 aromatic heterocycles. The van der Waals surface area contributed by atoms with Crippen LogP contribution in [0.15, 0.2) is 24.3 Å². The Morgan fingerprint density at radius 2 is 1.59 bits per heavy atom. The highest BCUT2D eigenvalue weighted by atomic mass is 35.5. The topological polar surface area (TPSA) is 43.9 Å². The number of rotatable bonds is 6. The maximum atomic E-state index is 14.1. The fourth-order valence-electron chi connectivity index (χ4n) is 6.75. The molecular formula is C32H49ClFN3O2. The van der Waals surface area contributed by atoms with Gasteiger partial charge >= 0.3 is 0 Å². The zero-order valence-electron chi connectivity index (χ0n) is 25.1. The van der Waals surface area contributed by atoms with Crippen LogP contribution < -0.4 is 0 Å². The minimum absolute atomic E-state index is 0.0385. The van der Waals surface area contributed by atoms with E-state index in [1.54, 1.807) is 13.8 Å². The Bertz CT molecular complexity index is 1020. The minimum Gasteiger partial charge on any atom is -0.340 e. The van der Waals surface area contributed by atoms with E-state index in [0.29, 0.717) is 24.7 Å². The molecule has 0 spiro atoms. The third-order valence-corrected chi connectivity index (χ3v) is 9.85. The number of hydrogen-bond acceptors (Lipinski definition) is 3. The summed E-state index contributed by atoms with van der Waals surface area (Å²) in [7, 11) is 0. The van der Waals surface area contributed by atoms with Crippen LogP contribution in [0, 0.1) is 16.7 Å². The molecule has 39 heavy (non-hydrogen) atoms. The van der Waals surface area contributed by atoms with Crippen LogP contribution in [0.2, 0.25) is 5.02 Å². The van der Waals surface area contributed by atoms with E-state index in [1.165, 1.54) is 0 Å². The van der Waals surface area contributed by atoms with E-state index >= 15 is 0 Å². The van der Waals surface area contributed by atoms with Crippen LogP contribution in [-0.4, -0.2) is 77.0 Å². The van der Waals surface area contributed by atoms with Crippen LogP contribution in [0.3, 0.4) is 0 Å². The number of alkyl halides is 1. The van der Waals surface area contributed by atoms with Crippen LogP contribution in [0.5, 0.6) is 0 Å². The summed E-state index contributed by atoms with van der Waals surface area (Å²) >= 11 is 6.17. The fourth-order valence-corrected chi connectivity index (χ4v) is 6.88. The third kappa shape index (κ3) is 6.64. The summed E-state index contributed by atoms with van der Waals surface area (Å²) in [5, 5.41) is 0.696. The highest BCUT2D eigenvalue weighted by molar-refractivity contribution is 6.30. The summed E-state index contributed by atoms with van der Waals surface area (Å²) in [6, 6.07) is 7.97. The van der Waals surface area contributed by atoms with Crippen molar-refractivity contribution in [1.29, 1.82) is 0 Å².